The van der Waals surface area contributed by atoms with Gasteiger partial charge in [-0.2, -0.15) is 0 Å². The van der Waals surface area contributed by atoms with Crippen molar-refractivity contribution in [1.82, 2.24) is 10.2 Å². The normalized spacial score (nSPS) is 16.6. The summed E-state index contributed by atoms with van der Waals surface area (Å²) in [6.07, 6.45) is 0. The van der Waals surface area contributed by atoms with Gasteiger partial charge in [0.2, 0.25) is 5.91 Å². The summed E-state index contributed by atoms with van der Waals surface area (Å²) in [5.74, 6) is 0.0488. The predicted molar refractivity (Wildman–Crippen MR) is 76.8 cm³/mol. The molecule has 1 aromatic carbocycles. The molecule has 2 N–H and O–H groups in total. The SMILES string of the molecule is Cc1ccc(NC(=O)CN2CCNCC2)cc1Br. The van der Waals surface area contributed by atoms with Gasteiger partial charge in [-0.3, -0.25) is 9.69 Å². The molecule has 1 aliphatic heterocycles. The molecular formula is C13H18BrN3O. The largest absolute Gasteiger partial charge is 0.325 e. The van der Waals surface area contributed by atoms with Gasteiger partial charge < -0.3 is 10.6 Å². The molecule has 18 heavy (non-hydrogen) atoms. The minimum absolute atomic E-state index is 0.0488. The first kappa shape index (κ1) is 13.5. The van der Waals surface area contributed by atoms with Crippen LogP contribution in [-0.4, -0.2) is 43.5 Å². The first-order valence-electron chi connectivity index (χ1n) is 6.14. The van der Waals surface area contributed by atoms with Gasteiger partial charge in [0.05, 0.1) is 6.54 Å². The van der Waals surface area contributed by atoms with Crippen LogP contribution in [0.25, 0.3) is 0 Å². The average molecular weight is 312 g/mol. The van der Waals surface area contributed by atoms with E-state index >= 15 is 0 Å². The van der Waals surface area contributed by atoms with E-state index in [0.29, 0.717) is 6.54 Å². The van der Waals surface area contributed by atoms with Crippen LogP contribution in [0.15, 0.2) is 22.7 Å². The number of piperazine rings is 1. The second-order valence-corrected chi connectivity index (χ2v) is 5.39. The first-order chi connectivity index (χ1) is 8.65. The number of hydrogen-bond donors (Lipinski definition) is 2. The zero-order valence-corrected chi connectivity index (χ0v) is 12.1. The van der Waals surface area contributed by atoms with Crippen molar-refractivity contribution < 1.29 is 4.79 Å². The minimum Gasteiger partial charge on any atom is -0.325 e. The lowest BCUT2D eigenvalue weighted by Crippen LogP contribution is -2.46. The van der Waals surface area contributed by atoms with Crippen LogP contribution in [0.4, 0.5) is 5.69 Å². The number of hydrogen-bond acceptors (Lipinski definition) is 3. The van der Waals surface area contributed by atoms with Crippen LogP contribution < -0.4 is 10.6 Å². The number of amides is 1. The third-order valence-electron chi connectivity index (χ3n) is 3.03. The zero-order chi connectivity index (χ0) is 13.0. The standard InChI is InChI=1S/C13H18BrN3O/c1-10-2-3-11(8-12(10)14)16-13(18)9-17-6-4-15-5-7-17/h2-3,8,15H,4-7,9H2,1H3,(H,16,18). The number of nitrogens with one attached hydrogen (secondary N) is 2. The maximum atomic E-state index is 11.9. The molecule has 0 spiro atoms. The Morgan fingerprint density at radius 2 is 2.17 bits per heavy atom. The summed E-state index contributed by atoms with van der Waals surface area (Å²) in [7, 11) is 0. The van der Waals surface area contributed by atoms with Crippen molar-refractivity contribution in [2.75, 3.05) is 38.0 Å². The molecule has 0 atom stereocenters. The second kappa shape index (κ2) is 6.31. The lowest BCUT2D eigenvalue weighted by Gasteiger charge is -2.26. The van der Waals surface area contributed by atoms with Crippen molar-refractivity contribution in [1.29, 1.82) is 0 Å². The van der Waals surface area contributed by atoms with Gasteiger partial charge in [-0.1, -0.05) is 22.0 Å². The van der Waals surface area contributed by atoms with Gasteiger partial charge in [0.15, 0.2) is 0 Å². The monoisotopic (exact) mass is 311 g/mol. The van der Waals surface area contributed by atoms with Crippen LogP contribution in [0.2, 0.25) is 0 Å². The van der Waals surface area contributed by atoms with Gasteiger partial charge in [-0.05, 0) is 24.6 Å². The third kappa shape index (κ3) is 3.80. The molecule has 1 amide bonds. The van der Waals surface area contributed by atoms with Crippen molar-refractivity contribution in [3.05, 3.63) is 28.2 Å². The smallest absolute Gasteiger partial charge is 0.238 e. The maximum absolute atomic E-state index is 11.9. The van der Waals surface area contributed by atoms with Crippen molar-refractivity contribution in [3.8, 4) is 0 Å². The summed E-state index contributed by atoms with van der Waals surface area (Å²) >= 11 is 3.46. The summed E-state index contributed by atoms with van der Waals surface area (Å²) < 4.78 is 1.02. The van der Waals surface area contributed by atoms with Gasteiger partial charge in [0.1, 0.15) is 0 Å². The van der Waals surface area contributed by atoms with Crippen molar-refractivity contribution in [3.63, 3.8) is 0 Å². The lowest BCUT2D eigenvalue weighted by molar-refractivity contribution is -0.117. The molecule has 5 heteroatoms. The van der Waals surface area contributed by atoms with E-state index < -0.39 is 0 Å². The van der Waals surface area contributed by atoms with E-state index in [0.717, 1.165) is 41.9 Å². The van der Waals surface area contributed by atoms with Crippen LogP contribution in [0.1, 0.15) is 5.56 Å². The van der Waals surface area contributed by atoms with E-state index in [1.807, 2.05) is 25.1 Å². The fourth-order valence-corrected chi connectivity index (χ4v) is 2.32. The van der Waals surface area contributed by atoms with Gasteiger partial charge in [0, 0.05) is 36.3 Å². The zero-order valence-electron chi connectivity index (χ0n) is 10.5. The topological polar surface area (TPSA) is 44.4 Å². The van der Waals surface area contributed by atoms with E-state index in [4.69, 9.17) is 0 Å². The quantitative estimate of drug-likeness (QED) is 0.891. The predicted octanol–water partition coefficient (Wildman–Crippen LogP) is 1.60. The number of carbonyl (C=O) groups is 1. The Labute approximate surface area is 116 Å². The highest BCUT2D eigenvalue weighted by atomic mass is 79.9. The highest BCUT2D eigenvalue weighted by molar-refractivity contribution is 9.10. The number of benzene rings is 1. The molecule has 0 aliphatic carbocycles. The molecule has 98 valence electrons. The molecule has 0 unspecified atom stereocenters. The average Bonchev–Trinajstić information content (AvgIpc) is 2.35. The molecule has 1 heterocycles. The summed E-state index contributed by atoms with van der Waals surface area (Å²) in [5, 5.41) is 6.20. The maximum Gasteiger partial charge on any atom is 0.238 e. The highest BCUT2D eigenvalue weighted by Crippen LogP contribution is 2.20. The van der Waals surface area contributed by atoms with Gasteiger partial charge in [0.25, 0.3) is 0 Å². The summed E-state index contributed by atoms with van der Waals surface area (Å²) in [4.78, 5) is 14.1. The van der Waals surface area contributed by atoms with Crippen LogP contribution in [0.3, 0.4) is 0 Å². The summed E-state index contributed by atoms with van der Waals surface area (Å²) in [6.45, 7) is 6.28. The lowest BCUT2D eigenvalue weighted by atomic mass is 10.2. The van der Waals surface area contributed by atoms with Crippen molar-refractivity contribution in [2.24, 2.45) is 0 Å². The van der Waals surface area contributed by atoms with Crippen LogP contribution in [-0.2, 0) is 4.79 Å². The number of nitrogens with zero attached hydrogens (tertiary/aromatic N) is 1. The Morgan fingerprint density at radius 1 is 1.44 bits per heavy atom. The third-order valence-corrected chi connectivity index (χ3v) is 3.89. The van der Waals surface area contributed by atoms with Gasteiger partial charge >= 0.3 is 0 Å². The molecule has 0 aromatic heterocycles. The van der Waals surface area contributed by atoms with Crippen molar-refractivity contribution in [2.45, 2.75) is 6.92 Å². The molecule has 1 fully saturated rings. The number of carbonyl (C=O) groups excluding carboxylic acids is 1. The van der Waals surface area contributed by atoms with E-state index in [-0.39, 0.29) is 5.91 Å². The van der Waals surface area contributed by atoms with Crippen LogP contribution >= 0.6 is 15.9 Å². The fraction of sp³-hybridized carbons (Fsp3) is 0.462. The Morgan fingerprint density at radius 3 is 2.83 bits per heavy atom. The van der Waals surface area contributed by atoms with Gasteiger partial charge in [-0.15, -0.1) is 0 Å². The second-order valence-electron chi connectivity index (χ2n) is 4.54. The van der Waals surface area contributed by atoms with Gasteiger partial charge in [-0.25, -0.2) is 0 Å². The molecule has 1 aromatic rings. The summed E-state index contributed by atoms with van der Waals surface area (Å²) in [6, 6.07) is 5.85. The molecule has 2 rings (SSSR count). The highest BCUT2D eigenvalue weighted by Gasteiger charge is 2.13. The molecule has 4 nitrogen and oxygen atoms in total. The number of rotatable bonds is 3. The number of anilines is 1. The minimum atomic E-state index is 0.0488. The molecule has 0 radical (unpaired) electrons. The molecular weight excluding hydrogens is 294 g/mol. The van der Waals surface area contributed by atoms with Crippen LogP contribution in [0.5, 0.6) is 0 Å². The number of halogens is 1. The van der Waals surface area contributed by atoms with E-state index in [1.54, 1.807) is 0 Å². The number of aryl methyl sites for hydroxylation is 1. The van der Waals surface area contributed by atoms with Crippen molar-refractivity contribution >= 4 is 27.5 Å². The molecule has 1 aliphatic rings. The summed E-state index contributed by atoms with van der Waals surface area (Å²) in [5.41, 5.74) is 2.00. The Bertz CT molecular complexity index is 430. The molecule has 0 saturated carbocycles. The van der Waals surface area contributed by atoms with E-state index in [9.17, 15) is 4.79 Å². The first-order valence-corrected chi connectivity index (χ1v) is 6.93. The van der Waals surface area contributed by atoms with E-state index in [1.165, 1.54) is 0 Å². The Hall–Kier alpha value is -0.910. The fourth-order valence-electron chi connectivity index (χ4n) is 1.94. The Kier molecular flexibility index (Phi) is 4.74. The van der Waals surface area contributed by atoms with Crippen LogP contribution in [0, 0.1) is 6.92 Å². The Balaban J connectivity index is 1.88. The molecule has 1 saturated heterocycles. The van der Waals surface area contributed by atoms with E-state index in [2.05, 4.69) is 31.5 Å². The molecule has 0 bridgehead atoms.